The molecule has 9 aliphatic heterocycles. The second-order valence-electron chi connectivity index (χ2n) is 31.3. The van der Waals surface area contributed by atoms with Crippen molar-refractivity contribution in [3.8, 4) is 0 Å². The highest BCUT2D eigenvalue weighted by Gasteiger charge is 2.24. The monoisotopic (exact) mass is 1200 g/mol. The molecule has 0 aromatic rings. The summed E-state index contributed by atoms with van der Waals surface area (Å²) in [5.74, 6) is 10.1. The number of allylic oxidation sites excluding steroid dienone is 2. The Bertz CT molecular complexity index is 1860. The average molecular weight is 1210 g/mol. The van der Waals surface area contributed by atoms with Gasteiger partial charge in [0.15, 0.2) is 0 Å². The molecule has 3 atom stereocenters. The lowest BCUT2D eigenvalue weighted by molar-refractivity contribution is 0.173. The van der Waals surface area contributed by atoms with Crippen LogP contribution in [0.25, 0.3) is 0 Å². The molecule has 0 amide bonds. The summed E-state index contributed by atoms with van der Waals surface area (Å²) in [5, 5.41) is 0. The Balaban J connectivity index is 0.000000484. The van der Waals surface area contributed by atoms with Crippen LogP contribution in [0.3, 0.4) is 0 Å². The van der Waals surface area contributed by atoms with Crippen molar-refractivity contribution in [2.45, 2.75) is 208 Å². The fraction of sp³-hybridized carbons (Fsp3) is 0.870. The smallest absolute Gasteiger partial charge is 0.0207 e. The Morgan fingerprint density at radius 2 is 0.814 bits per heavy atom. The van der Waals surface area contributed by atoms with E-state index in [1.165, 1.54) is 168 Å². The highest BCUT2D eigenvalue weighted by atomic mass is 15.2. The van der Waals surface area contributed by atoms with Crippen molar-refractivity contribution >= 4 is 0 Å². The largest absolute Gasteiger partial charge is 0.380 e. The van der Waals surface area contributed by atoms with Gasteiger partial charge >= 0.3 is 0 Å². The van der Waals surface area contributed by atoms with Gasteiger partial charge in [-0.15, -0.1) is 0 Å². The first kappa shape index (κ1) is 82.0. The molecule has 3 unspecified atom stereocenters. The number of hydrogen-bond acceptors (Lipinski definition) is 9. The van der Waals surface area contributed by atoms with Crippen LogP contribution in [-0.2, 0) is 0 Å². The van der Waals surface area contributed by atoms with Crippen molar-refractivity contribution in [2.24, 2.45) is 71.0 Å². The molecule has 0 bridgehead atoms. The van der Waals surface area contributed by atoms with Gasteiger partial charge in [-0.3, -0.25) is 4.90 Å². The van der Waals surface area contributed by atoms with Gasteiger partial charge in [0.2, 0.25) is 0 Å². The third-order valence-corrected chi connectivity index (χ3v) is 20.1. The maximum Gasteiger partial charge on any atom is 0.0207 e. The van der Waals surface area contributed by atoms with Crippen LogP contribution in [0.2, 0.25) is 0 Å². The van der Waals surface area contributed by atoms with E-state index in [1.54, 1.807) is 22.3 Å². The minimum Gasteiger partial charge on any atom is -0.380 e. The Morgan fingerprint density at radius 3 is 1.14 bits per heavy atom. The molecule has 0 radical (unpaired) electrons. The van der Waals surface area contributed by atoms with E-state index in [2.05, 4.69) is 263 Å². The molecule has 0 spiro atoms. The van der Waals surface area contributed by atoms with Crippen LogP contribution in [0.15, 0.2) is 58.5 Å². The fourth-order valence-electron chi connectivity index (χ4n) is 13.3. The van der Waals surface area contributed by atoms with Crippen LogP contribution >= 0.6 is 0 Å². The zero-order chi connectivity index (χ0) is 65.2. The molecular weight excluding hydrogens is 1050 g/mol. The second kappa shape index (κ2) is 45.3. The summed E-state index contributed by atoms with van der Waals surface area (Å²) in [4.78, 5) is 21.5. The minimum absolute atomic E-state index is 0.706. The van der Waals surface area contributed by atoms with Gasteiger partial charge in [0.25, 0.3) is 0 Å². The van der Waals surface area contributed by atoms with Gasteiger partial charge < -0.3 is 39.2 Å². The summed E-state index contributed by atoms with van der Waals surface area (Å²) in [6, 6.07) is 0.866. The molecule has 0 aromatic carbocycles. The lowest BCUT2D eigenvalue weighted by atomic mass is 9.87. The Labute approximate surface area is 540 Å². The van der Waals surface area contributed by atoms with Crippen LogP contribution in [0.1, 0.15) is 202 Å². The first-order valence-electron chi connectivity index (χ1n) is 36.0. The number of piperidine rings is 2. The van der Waals surface area contributed by atoms with E-state index in [9.17, 15) is 0 Å². The lowest BCUT2D eigenvalue weighted by Gasteiger charge is -2.31. The maximum absolute atomic E-state index is 2.48. The zero-order valence-corrected chi connectivity index (χ0v) is 63.0. The lowest BCUT2D eigenvalue weighted by Crippen LogP contribution is -2.34. The van der Waals surface area contributed by atoms with Crippen molar-refractivity contribution in [3.63, 3.8) is 0 Å². The van der Waals surface area contributed by atoms with Crippen molar-refractivity contribution in [3.05, 3.63) is 58.5 Å². The highest BCUT2D eigenvalue weighted by molar-refractivity contribution is 5.13. The number of likely N-dealkylation sites (N-methyl/N-ethyl adjacent to an activating group) is 3. The summed E-state index contributed by atoms with van der Waals surface area (Å²) in [6.45, 7) is 60.0. The van der Waals surface area contributed by atoms with Crippen LogP contribution in [-0.4, -0.2) is 212 Å². The fourth-order valence-corrected chi connectivity index (χ4v) is 13.3. The molecule has 9 heteroatoms. The minimum atomic E-state index is 0.706. The zero-order valence-electron chi connectivity index (χ0n) is 63.0. The topological polar surface area (TPSA) is 29.2 Å². The number of rotatable bonds is 9. The van der Waals surface area contributed by atoms with Crippen LogP contribution in [0.5, 0.6) is 0 Å². The Hall–Kier alpha value is -1.98. The number of likely N-dealkylation sites (tertiary alicyclic amines) is 4. The van der Waals surface area contributed by atoms with E-state index in [-0.39, 0.29) is 0 Å². The Morgan fingerprint density at radius 1 is 0.337 bits per heavy atom. The maximum atomic E-state index is 2.48. The standard InChI is InChI=1S/C9H19N.C9H17N.C9H19N.2C9H17N.C8H17N.C8H15N.C8H17N.C8H15N/c2*1-8(2)9-4-6-10(3)7-5-9;3*1-8(2)9-5-4-6-10(3)7-9;2*1-7(2)8-4-5-9(3)6-8;2*1-7(2)8-5-4-6-9(8)3/h8-9H,4-7H2,1-3H3;4,8H,5-7H2,1-3H3;8-9H,4-7H2,1-3H3;7-8H,4-6H2,1-3H3;5,8H,4,6-7H2,1-3H3;7-8H,4-6H2,1-3H3;4,7H,5-6H2,1-3H3;7-8H,4-6H2,1-3H3;5,7H,4,6H2,1-3H3. The molecule has 0 N–H and O–H groups in total. The molecule has 9 rings (SSSR count). The Kier molecular flexibility index (Phi) is 43.2. The SMILES string of the molecule is CC(C)C1=CCCN(C)C1.CC(C)C1=CCCN1C.CC(C)C1=CCN(C)C1.CC(C)C1=CCN(C)CC1.CC(C)C1=CN(C)CCC1.CC(C)C1CCCN(C)C1.CC(C)C1CCCN1C.CC(C)C1CCN(C)C1.CC(C)C1CCN(C)CC1. The van der Waals surface area contributed by atoms with Gasteiger partial charge in [0.1, 0.15) is 0 Å². The quantitative estimate of drug-likeness (QED) is 0.210. The summed E-state index contributed by atoms with van der Waals surface area (Å²) < 4.78 is 0. The van der Waals surface area contributed by atoms with Crippen LogP contribution < -0.4 is 0 Å². The van der Waals surface area contributed by atoms with Gasteiger partial charge in [-0.1, -0.05) is 171 Å². The molecule has 4 fully saturated rings. The van der Waals surface area contributed by atoms with E-state index in [0.717, 1.165) is 84.2 Å². The molecule has 86 heavy (non-hydrogen) atoms. The van der Waals surface area contributed by atoms with Crippen LogP contribution in [0, 0.1) is 71.0 Å². The van der Waals surface area contributed by atoms with E-state index >= 15 is 0 Å². The molecule has 9 aliphatic rings. The molecule has 506 valence electrons. The summed E-state index contributed by atoms with van der Waals surface area (Å²) >= 11 is 0. The van der Waals surface area contributed by atoms with Crippen molar-refractivity contribution in [2.75, 3.05) is 162 Å². The molecular formula is C77H153N9. The first-order valence-corrected chi connectivity index (χ1v) is 36.0. The second-order valence-corrected chi connectivity index (χ2v) is 31.3. The van der Waals surface area contributed by atoms with E-state index < -0.39 is 0 Å². The van der Waals surface area contributed by atoms with Crippen molar-refractivity contribution in [1.29, 1.82) is 0 Å². The van der Waals surface area contributed by atoms with Gasteiger partial charge in [-0.25, -0.2) is 0 Å². The third kappa shape index (κ3) is 36.2. The summed E-state index contributed by atoms with van der Waals surface area (Å²) in [5.41, 5.74) is 7.95. The molecule has 4 saturated heterocycles. The van der Waals surface area contributed by atoms with Crippen molar-refractivity contribution < 1.29 is 0 Å². The number of hydrogen-bond donors (Lipinski definition) is 0. The van der Waals surface area contributed by atoms with E-state index in [4.69, 9.17) is 0 Å². The predicted molar refractivity (Wildman–Crippen MR) is 386 cm³/mol. The normalized spacial score (nSPS) is 24.0. The summed E-state index contributed by atoms with van der Waals surface area (Å²) in [7, 11) is 19.7. The van der Waals surface area contributed by atoms with Crippen molar-refractivity contribution in [1.82, 2.24) is 44.1 Å². The highest BCUT2D eigenvalue weighted by Crippen LogP contribution is 2.27. The van der Waals surface area contributed by atoms with E-state index in [1.807, 2.05) is 0 Å². The summed E-state index contributed by atoms with van der Waals surface area (Å²) in [6.07, 6.45) is 28.0. The van der Waals surface area contributed by atoms with Gasteiger partial charge in [-0.2, -0.15) is 0 Å². The van der Waals surface area contributed by atoms with Crippen LogP contribution in [0.4, 0.5) is 0 Å². The third-order valence-electron chi connectivity index (χ3n) is 20.1. The van der Waals surface area contributed by atoms with Gasteiger partial charge in [-0.05, 0) is 236 Å². The predicted octanol–water partition coefficient (Wildman–Crippen LogP) is 16.7. The average Bonchev–Trinajstić information content (AvgIpc) is 4.46. The first-order chi connectivity index (χ1) is 40.3. The molecule has 0 saturated carbocycles. The van der Waals surface area contributed by atoms with E-state index in [0.29, 0.717) is 5.92 Å². The number of nitrogens with zero attached hydrogens (tertiary/aromatic N) is 9. The van der Waals surface area contributed by atoms with Gasteiger partial charge in [0.05, 0.1) is 0 Å². The molecule has 9 nitrogen and oxygen atoms in total. The molecule has 0 aliphatic carbocycles. The molecule has 9 heterocycles. The van der Waals surface area contributed by atoms with Gasteiger partial charge in [0, 0.05) is 91.3 Å². The molecule has 0 aromatic heterocycles.